The molecule has 6 nitrogen and oxygen atoms in total. The fourth-order valence-corrected chi connectivity index (χ4v) is 1.27. The highest BCUT2D eigenvalue weighted by atomic mass is 16.2. The van der Waals surface area contributed by atoms with Crippen LogP contribution in [-0.2, 0) is 9.59 Å². The van der Waals surface area contributed by atoms with Crippen molar-refractivity contribution >= 4 is 17.8 Å². The molecular formula is C11H21N3O3. The Balaban J connectivity index is 0.000000302. The number of imide groups is 1. The molecule has 0 saturated carbocycles. The Kier molecular flexibility index (Phi) is 7.75. The average Bonchev–Trinajstić information content (AvgIpc) is 2.52. The van der Waals surface area contributed by atoms with Gasteiger partial charge in [-0.05, 0) is 6.42 Å². The molecule has 1 rings (SSSR count). The van der Waals surface area contributed by atoms with Crippen molar-refractivity contribution in [2.45, 2.75) is 39.0 Å². The molecule has 6 heteroatoms. The van der Waals surface area contributed by atoms with E-state index >= 15 is 0 Å². The van der Waals surface area contributed by atoms with Gasteiger partial charge in [0.25, 0.3) is 0 Å². The van der Waals surface area contributed by atoms with Crippen LogP contribution in [0.15, 0.2) is 0 Å². The van der Waals surface area contributed by atoms with Crippen LogP contribution >= 0.6 is 0 Å². The number of unbranched alkanes of at least 4 members (excludes halogenated alkanes) is 3. The van der Waals surface area contributed by atoms with Crippen molar-refractivity contribution in [2.75, 3.05) is 13.6 Å². The largest absolute Gasteiger partial charge is 0.370 e. The van der Waals surface area contributed by atoms with Crippen molar-refractivity contribution in [1.82, 2.24) is 10.2 Å². The average molecular weight is 243 g/mol. The quantitative estimate of drug-likeness (QED) is 0.547. The van der Waals surface area contributed by atoms with Crippen molar-refractivity contribution < 1.29 is 14.4 Å². The molecule has 98 valence electrons. The Labute approximate surface area is 102 Å². The topological polar surface area (TPSA) is 92.5 Å². The summed E-state index contributed by atoms with van der Waals surface area (Å²) in [4.78, 5) is 32.2. The van der Waals surface area contributed by atoms with E-state index in [0.717, 1.165) is 12.8 Å². The second kappa shape index (κ2) is 8.55. The number of hydrogen-bond acceptors (Lipinski definition) is 3. The van der Waals surface area contributed by atoms with E-state index in [1.807, 2.05) is 0 Å². The summed E-state index contributed by atoms with van der Waals surface area (Å²) in [5.41, 5.74) is 4.94. The molecular weight excluding hydrogens is 222 g/mol. The number of primary amides is 1. The minimum atomic E-state index is -0.310. The minimum absolute atomic E-state index is 0.175. The third-order valence-corrected chi connectivity index (χ3v) is 2.25. The number of nitrogens with zero attached hydrogens (tertiary/aromatic N) is 1. The van der Waals surface area contributed by atoms with Gasteiger partial charge in [-0.1, -0.05) is 26.2 Å². The number of amides is 4. The maximum atomic E-state index is 10.4. The molecule has 0 aromatic rings. The Morgan fingerprint density at radius 2 is 2.00 bits per heavy atom. The van der Waals surface area contributed by atoms with Gasteiger partial charge < -0.3 is 10.6 Å². The van der Waals surface area contributed by atoms with Crippen LogP contribution in [0.4, 0.5) is 4.79 Å². The molecule has 0 unspecified atom stereocenters. The maximum Gasteiger partial charge on any atom is 0.324 e. The van der Waals surface area contributed by atoms with Crippen LogP contribution in [0.3, 0.4) is 0 Å². The van der Waals surface area contributed by atoms with Crippen LogP contribution in [-0.4, -0.2) is 36.3 Å². The summed E-state index contributed by atoms with van der Waals surface area (Å²) >= 11 is 0. The molecule has 1 aliphatic heterocycles. The van der Waals surface area contributed by atoms with E-state index in [1.165, 1.54) is 17.7 Å². The summed E-state index contributed by atoms with van der Waals surface area (Å²) in [6.45, 7) is 2.34. The molecule has 1 saturated heterocycles. The Bertz CT molecular complexity index is 279. The zero-order valence-corrected chi connectivity index (χ0v) is 10.5. The first-order valence-electron chi connectivity index (χ1n) is 5.80. The molecule has 1 heterocycles. The number of hydrogen-bond donors (Lipinski definition) is 2. The predicted octanol–water partition coefficient (Wildman–Crippen LogP) is 0.610. The molecule has 4 amide bonds. The fourth-order valence-electron chi connectivity index (χ4n) is 1.27. The molecule has 0 atom stereocenters. The molecule has 0 aromatic heterocycles. The number of likely N-dealkylation sites (N-methyl/N-ethyl adjacent to an activating group) is 1. The number of nitrogens with one attached hydrogen (secondary N) is 1. The summed E-state index contributed by atoms with van der Waals surface area (Å²) in [5.74, 6) is -0.399. The molecule has 3 N–H and O–H groups in total. The summed E-state index contributed by atoms with van der Waals surface area (Å²) in [6, 6.07) is -0.310. The number of rotatable bonds is 5. The first-order valence-corrected chi connectivity index (χ1v) is 5.80. The standard InChI is InChI=1S/C7H15NO.C4H6N2O2/c1-2-3-4-5-6-7(8)9;1-6-2-3(7)5-4(6)8/h2-6H2,1H3,(H2,8,9);2H2,1H3,(H,5,7,8). The van der Waals surface area contributed by atoms with Gasteiger partial charge in [0.15, 0.2) is 0 Å². The predicted molar refractivity (Wildman–Crippen MR) is 64.1 cm³/mol. The lowest BCUT2D eigenvalue weighted by Gasteiger charge is -1.99. The number of urea groups is 1. The van der Waals surface area contributed by atoms with Crippen molar-refractivity contribution in [3.05, 3.63) is 0 Å². The molecule has 1 aliphatic rings. The second-order valence-corrected chi connectivity index (χ2v) is 3.99. The summed E-state index contributed by atoms with van der Waals surface area (Å²) in [7, 11) is 1.57. The monoisotopic (exact) mass is 243 g/mol. The summed E-state index contributed by atoms with van der Waals surface area (Å²) < 4.78 is 0. The molecule has 1 fully saturated rings. The zero-order valence-electron chi connectivity index (χ0n) is 10.5. The maximum absolute atomic E-state index is 10.4. The fraction of sp³-hybridized carbons (Fsp3) is 0.727. The molecule has 17 heavy (non-hydrogen) atoms. The van der Waals surface area contributed by atoms with Crippen LogP contribution in [0.2, 0.25) is 0 Å². The SMILES string of the molecule is CCCCCCC(N)=O.CN1CC(=O)NC1=O. The Hall–Kier alpha value is -1.59. The van der Waals surface area contributed by atoms with Gasteiger partial charge in [0.05, 0.1) is 0 Å². The molecule has 0 radical (unpaired) electrons. The van der Waals surface area contributed by atoms with E-state index in [9.17, 15) is 14.4 Å². The van der Waals surface area contributed by atoms with Gasteiger partial charge in [0.1, 0.15) is 6.54 Å². The van der Waals surface area contributed by atoms with Crippen LogP contribution in [0, 0.1) is 0 Å². The van der Waals surface area contributed by atoms with Gasteiger partial charge in [0, 0.05) is 13.5 Å². The van der Waals surface area contributed by atoms with Gasteiger partial charge in [0.2, 0.25) is 11.8 Å². The van der Waals surface area contributed by atoms with E-state index in [4.69, 9.17) is 5.73 Å². The van der Waals surface area contributed by atoms with Crippen molar-refractivity contribution in [3.63, 3.8) is 0 Å². The zero-order chi connectivity index (χ0) is 13.3. The lowest BCUT2D eigenvalue weighted by molar-refractivity contribution is -0.119. The minimum Gasteiger partial charge on any atom is -0.370 e. The third-order valence-electron chi connectivity index (χ3n) is 2.25. The van der Waals surface area contributed by atoms with Gasteiger partial charge in [-0.3, -0.25) is 14.9 Å². The van der Waals surface area contributed by atoms with Crippen LogP contribution < -0.4 is 11.1 Å². The van der Waals surface area contributed by atoms with E-state index in [-0.39, 0.29) is 24.4 Å². The molecule has 0 aliphatic carbocycles. The lowest BCUT2D eigenvalue weighted by Crippen LogP contribution is -2.24. The normalized spacial score (nSPS) is 14.1. The Morgan fingerprint density at radius 1 is 1.35 bits per heavy atom. The Morgan fingerprint density at radius 3 is 2.29 bits per heavy atom. The first kappa shape index (κ1) is 15.4. The number of carbonyl (C=O) groups excluding carboxylic acids is 3. The number of nitrogens with two attached hydrogens (primary N) is 1. The van der Waals surface area contributed by atoms with Gasteiger partial charge in [-0.25, -0.2) is 4.79 Å². The molecule has 0 aromatic carbocycles. The lowest BCUT2D eigenvalue weighted by atomic mass is 10.1. The van der Waals surface area contributed by atoms with E-state index in [0.29, 0.717) is 6.42 Å². The van der Waals surface area contributed by atoms with E-state index in [2.05, 4.69) is 12.2 Å². The highest BCUT2D eigenvalue weighted by Gasteiger charge is 2.21. The highest BCUT2D eigenvalue weighted by molar-refractivity contribution is 6.01. The van der Waals surface area contributed by atoms with Gasteiger partial charge in [-0.15, -0.1) is 0 Å². The van der Waals surface area contributed by atoms with Gasteiger partial charge in [-0.2, -0.15) is 0 Å². The first-order chi connectivity index (χ1) is 7.97. The van der Waals surface area contributed by atoms with Crippen LogP contribution in [0.5, 0.6) is 0 Å². The van der Waals surface area contributed by atoms with E-state index in [1.54, 1.807) is 7.05 Å². The van der Waals surface area contributed by atoms with Crippen molar-refractivity contribution in [2.24, 2.45) is 5.73 Å². The summed E-state index contributed by atoms with van der Waals surface area (Å²) in [6.07, 6.45) is 5.08. The van der Waals surface area contributed by atoms with E-state index < -0.39 is 0 Å². The molecule has 0 bridgehead atoms. The highest BCUT2D eigenvalue weighted by Crippen LogP contribution is 2.00. The van der Waals surface area contributed by atoms with Crippen molar-refractivity contribution in [1.29, 1.82) is 0 Å². The summed E-state index contributed by atoms with van der Waals surface area (Å²) in [5, 5.41) is 2.11. The van der Waals surface area contributed by atoms with Crippen molar-refractivity contribution in [3.8, 4) is 0 Å². The third kappa shape index (κ3) is 8.24. The van der Waals surface area contributed by atoms with Gasteiger partial charge >= 0.3 is 6.03 Å². The molecule has 0 spiro atoms. The smallest absolute Gasteiger partial charge is 0.324 e. The number of carbonyl (C=O) groups is 3. The van der Waals surface area contributed by atoms with Crippen LogP contribution in [0.1, 0.15) is 39.0 Å². The second-order valence-electron chi connectivity index (χ2n) is 3.99. The van der Waals surface area contributed by atoms with Crippen LogP contribution in [0.25, 0.3) is 0 Å².